The lowest BCUT2D eigenvalue weighted by molar-refractivity contribution is -0.183. The van der Waals surface area contributed by atoms with Gasteiger partial charge in [-0.05, 0) is 129 Å². The predicted octanol–water partition coefficient (Wildman–Crippen LogP) is 7.21. The number of carbonyl (C=O) groups excluding carboxylic acids is 1. The van der Waals surface area contributed by atoms with Crippen LogP contribution in [0.25, 0.3) is 0 Å². The van der Waals surface area contributed by atoms with E-state index < -0.39 is 11.5 Å². The number of fused-ring (bicyclic) bond motifs is 5. The number of anilines is 2. The van der Waals surface area contributed by atoms with Crippen molar-refractivity contribution < 1.29 is 9.90 Å². The summed E-state index contributed by atoms with van der Waals surface area (Å²) >= 11 is 0. The van der Waals surface area contributed by atoms with Crippen molar-refractivity contribution in [2.24, 2.45) is 57.5 Å². The van der Waals surface area contributed by atoms with Gasteiger partial charge in [0.25, 0.3) is 0 Å². The lowest BCUT2D eigenvalue weighted by atomic mass is 9.40. The van der Waals surface area contributed by atoms with Gasteiger partial charge < -0.3 is 22.3 Å². The number of hydrogen-bond acceptors (Lipinski definition) is 5. The van der Waals surface area contributed by atoms with Crippen LogP contribution in [0.3, 0.4) is 0 Å². The number of benzene rings is 1. The molecule has 11 unspecified atom stereocenters. The Labute approximate surface area is 243 Å². The van der Waals surface area contributed by atoms with Gasteiger partial charge >= 0.3 is 0 Å². The maximum Gasteiger partial charge on any atom is 0.163 e. The third-order valence-electron chi connectivity index (χ3n) is 13.3. The second-order valence-corrected chi connectivity index (χ2v) is 15.7. The Morgan fingerprint density at radius 3 is 2.23 bits per heavy atom. The number of Topliss-reactive ketones (excluding diaryl/α,β-unsaturated/α-hetero) is 1. The molecule has 4 aliphatic rings. The van der Waals surface area contributed by atoms with Gasteiger partial charge in [0.05, 0.1) is 6.10 Å². The summed E-state index contributed by atoms with van der Waals surface area (Å²) in [4.78, 5) is 13.6. The highest BCUT2D eigenvalue weighted by Gasteiger charge is 2.64. The van der Waals surface area contributed by atoms with Crippen molar-refractivity contribution in [2.45, 2.75) is 124 Å². The Kier molecular flexibility index (Phi) is 8.15. The first-order chi connectivity index (χ1) is 18.8. The topological polar surface area (TPSA) is 115 Å². The minimum Gasteiger partial charge on any atom is -0.399 e. The van der Waals surface area contributed by atoms with Crippen molar-refractivity contribution in [2.75, 3.05) is 11.5 Å². The molecule has 4 fully saturated rings. The fourth-order valence-corrected chi connectivity index (χ4v) is 11.4. The van der Waals surface area contributed by atoms with Crippen molar-refractivity contribution in [3.63, 3.8) is 0 Å². The summed E-state index contributed by atoms with van der Waals surface area (Å²) in [5.74, 6) is 4.31. The molecule has 1 aromatic rings. The van der Waals surface area contributed by atoms with E-state index in [2.05, 4.69) is 34.6 Å². The van der Waals surface area contributed by atoms with Crippen molar-refractivity contribution in [3.05, 3.63) is 23.8 Å². The van der Waals surface area contributed by atoms with Crippen molar-refractivity contribution in [1.82, 2.24) is 0 Å². The van der Waals surface area contributed by atoms with Crippen LogP contribution in [0.15, 0.2) is 18.2 Å². The van der Waals surface area contributed by atoms with Crippen LogP contribution in [0.2, 0.25) is 0 Å². The molecule has 0 amide bonds. The number of ketones is 1. The van der Waals surface area contributed by atoms with Gasteiger partial charge in [0.2, 0.25) is 0 Å². The number of aliphatic hydroxyl groups excluding tert-OH is 1. The fourth-order valence-electron chi connectivity index (χ4n) is 11.4. The van der Waals surface area contributed by atoms with Crippen LogP contribution < -0.4 is 17.2 Å². The summed E-state index contributed by atoms with van der Waals surface area (Å²) in [6, 6.07) is 5.48. The Bertz CT molecular complexity index is 1070. The molecule has 0 saturated heterocycles. The summed E-state index contributed by atoms with van der Waals surface area (Å²) in [7, 11) is 0. The average Bonchev–Trinajstić information content (AvgIpc) is 3.23. The van der Waals surface area contributed by atoms with Gasteiger partial charge in [0, 0.05) is 34.8 Å². The van der Waals surface area contributed by atoms with Gasteiger partial charge in [0.15, 0.2) is 5.78 Å². The van der Waals surface area contributed by atoms with Crippen LogP contribution in [-0.2, 0) is 0 Å². The normalized spacial score (nSPS) is 42.4. The molecule has 5 rings (SSSR count). The maximum atomic E-state index is 13.6. The summed E-state index contributed by atoms with van der Waals surface area (Å²) in [6.07, 6.45) is 13.3. The molecule has 0 aliphatic heterocycles. The zero-order chi connectivity index (χ0) is 29.0. The highest BCUT2D eigenvalue weighted by Crippen LogP contribution is 2.70. The van der Waals surface area contributed by atoms with Crippen LogP contribution in [0.5, 0.6) is 0 Å². The quantitative estimate of drug-likeness (QED) is 0.201. The Balaban J connectivity index is 1.34. The Morgan fingerprint density at radius 1 is 0.900 bits per heavy atom. The monoisotopic (exact) mass is 551 g/mol. The lowest BCUT2D eigenvalue weighted by Crippen LogP contribution is -2.60. The maximum absolute atomic E-state index is 13.6. The molecule has 11 atom stereocenters. The van der Waals surface area contributed by atoms with Crippen LogP contribution >= 0.6 is 0 Å². The minimum absolute atomic E-state index is 0.0554. The minimum atomic E-state index is -0.453. The van der Waals surface area contributed by atoms with E-state index in [1.807, 2.05) is 0 Å². The van der Waals surface area contributed by atoms with E-state index >= 15 is 0 Å². The molecule has 0 heterocycles. The largest absolute Gasteiger partial charge is 0.399 e. The second-order valence-electron chi connectivity index (χ2n) is 15.7. The molecule has 224 valence electrons. The van der Waals surface area contributed by atoms with E-state index in [1.54, 1.807) is 18.2 Å². The van der Waals surface area contributed by atoms with Gasteiger partial charge in [-0.25, -0.2) is 0 Å². The Morgan fingerprint density at radius 2 is 1.55 bits per heavy atom. The van der Waals surface area contributed by atoms with Crippen LogP contribution in [0.1, 0.15) is 122 Å². The highest BCUT2D eigenvalue weighted by molar-refractivity contribution is 5.98. The number of nitrogens with two attached hydrogens (primary N) is 3. The molecule has 0 spiro atoms. The summed E-state index contributed by atoms with van der Waals surface area (Å²) in [5, 5.41) is 11.5. The summed E-state index contributed by atoms with van der Waals surface area (Å²) in [6.45, 7) is 12.0. The number of nitrogen functional groups attached to an aromatic ring is 2. The van der Waals surface area contributed by atoms with E-state index in [9.17, 15) is 9.90 Å². The molecule has 7 N–H and O–H groups in total. The molecule has 4 saturated carbocycles. The highest BCUT2D eigenvalue weighted by atomic mass is 16.3. The van der Waals surface area contributed by atoms with Crippen molar-refractivity contribution >= 4 is 17.2 Å². The van der Waals surface area contributed by atoms with Gasteiger partial charge in [-0.3, -0.25) is 4.79 Å². The van der Waals surface area contributed by atoms with E-state index in [0.29, 0.717) is 46.7 Å². The molecule has 4 aliphatic carbocycles. The molecule has 40 heavy (non-hydrogen) atoms. The van der Waals surface area contributed by atoms with Crippen LogP contribution in [0.4, 0.5) is 11.4 Å². The first kappa shape index (κ1) is 29.9. The van der Waals surface area contributed by atoms with Crippen molar-refractivity contribution in [1.29, 1.82) is 0 Å². The zero-order valence-electron chi connectivity index (χ0n) is 25.9. The van der Waals surface area contributed by atoms with Gasteiger partial charge in [0.1, 0.15) is 0 Å². The molecule has 0 bridgehead atoms. The van der Waals surface area contributed by atoms with Gasteiger partial charge in [-0.2, -0.15) is 0 Å². The van der Waals surface area contributed by atoms with Crippen molar-refractivity contribution in [3.8, 4) is 0 Å². The number of carbonyl (C=O) groups is 1. The fraction of sp³-hybridized carbons (Fsp3) is 0.800. The average molecular weight is 552 g/mol. The van der Waals surface area contributed by atoms with E-state index in [1.165, 1.54) is 44.9 Å². The SMILES string of the molecule is CC(N)CCCC(C)C1CCC2C3CCC4C(C)(CC(=O)c5cc(N)cc(N)c5)C(O)CCC4(C)C3CCC12C. The smallest absolute Gasteiger partial charge is 0.163 e. The zero-order valence-corrected chi connectivity index (χ0v) is 25.9. The predicted molar refractivity (Wildman–Crippen MR) is 166 cm³/mol. The number of aliphatic hydroxyl groups is 1. The van der Waals surface area contributed by atoms with Gasteiger partial charge in [-0.1, -0.05) is 40.5 Å². The molecule has 5 nitrogen and oxygen atoms in total. The third-order valence-corrected chi connectivity index (χ3v) is 13.3. The van der Waals surface area contributed by atoms with E-state index in [4.69, 9.17) is 17.2 Å². The van der Waals surface area contributed by atoms with E-state index in [-0.39, 0.29) is 11.2 Å². The Hall–Kier alpha value is -1.59. The number of rotatable bonds is 8. The molecule has 1 aromatic carbocycles. The first-order valence-corrected chi connectivity index (χ1v) is 16.4. The molecule has 0 radical (unpaired) electrons. The van der Waals surface area contributed by atoms with Gasteiger partial charge in [-0.15, -0.1) is 0 Å². The summed E-state index contributed by atoms with van der Waals surface area (Å²) < 4.78 is 0. The standard InChI is InChI=1S/C35H57N3O2/c1-21(7-6-8-22(2)36)27-10-11-28-26-9-12-31-34(4,29(26)13-15-33(27,28)3)16-14-32(40)35(31,5)20-30(39)23-17-24(37)19-25(38)18-23/h17-19,21-22,26-29,31-32,40H,6-16,20,36-38H2,1-5H3. The first-order valence-electron chi connectivity index (χ1n) is 16.4. The molecular weight excluding hydrogens is 494 g/mol. The summed E-state index contributed by atoms with van der Waals surface area (Å²) in [5.41, 5.74) is 19.9. The van der Waals surface area contributed by atoms with E-state index in [0.717, 1.165) is 49.4 Å². The second kappa shape index (κ2) is 10.9. The number of hydrogen-bond donors (Lipinski definition) is 4. The van der Waals surface area contributed by atoms with Crippen LogP contribution in [-0.4, -0.2) is 23.0 Å². The molecular formula is C35H57N3O2. The molecule has 0 aromatic heterocycles. The van der Waals surface area contributed by atoms with Crippen LogP contribution in [0, 0.1) is 51.8 Å². The molecule has 5 heteroatoms. The lowest BCUT2D eigenvalue weighted by Gasteiger charge is -2.65. The third kappa shape index (κ3) is 5.02.